The molecular weight excluding hydrogens is 358 g/mol. The standard InChI is InChI=1S/C20H23N5O3/c1-13-7-6-8-18(25-20(26)24(4)22-23-25)17(13)12-28-19-10-9-16(11-14(19)2)15(3)21-27-5/h6-11H,12H2,1-5H3. The zero-order valence-electron chi connectivity index (χ0n) is 16.6. The van der Waals surface area contributed by atoms with Gasteiger partial charge >= 0.3 is 5.69 Å². The summed E-state index contributed by atoms with van der Waals surface area (Å²) in [5.41, 5.74) is 4.98. The summed E-state index contributed by atoms with van der Waals surface area (Å²) >= 11 is 0. The first-order valence-electron chi connectivity index (χ1n) is 8.81. The monoisotopic (exact) mass is 381 g/mol. The maximum Gasteiger partial charge on any atom is 0.368 e. The van der Waals surface area contributed by atoms with Crippen molar-refractivity contribution in [2.24, 2.45) is 12.2 Å². The minimum Gasteiger partial charge on any atom is -0.489 e. The summed E-state index contributed by atoms with van der Waals surface area (Å²) in [6.07, 6.45) is 0. The Balaban J connectivity index is 1.89. The lowest BCUT2D eigenvalue weighted by atomic mass is 10.1. The predicted octanol–water partition coefficient (Wildman–Crippen LogP) is 2.53. The molecule has 0 unspecified atom stereocenters. The molecular formula is C20H23N5O3. The molecule has 0 aliphatic heterocycles. The average molecular weight is 381 g/mol. The molecule has 8 nitrogen and oxygen atoms in total. The van der Waals surface area contributed by atoms with Crippen LogP contribution in [-0.2, 0) is 18.5 Å². The van der Waals surface area contributed by atoms with Gasteiger partial charge in [-0.05, 0) is 72.2 Å². The van der Waals surface area contributed by atoms with E-state index in [-0.39, 0.29) is 5.69 Å². The number of hydrogen-bond acceptors (Lipinski definition) is 6. The first kappa shape index (κ1) is 19.3. The number of tetrazole rings is 1. The number of ether oxygens (including phenoxy) is 1. The zero-order chi connectivity index (χ0) is 20.3. The van der Waals surface area contributed by atoms with Gasteiger partial charge in [0.25, 0.3) is 0 Å². The van der Waals surface area contributed by atoms with Gasteiger partial charge in [-0.3, -0.25) is 0 Å². The van der Waals surface area contributed by atoms with Crippen LogP contribution in [0.4, 0.5) is 0 Å². The lowest BCUT2D eigenvalue weighted by Gasteiger charge is -2.14. The first-order valence-corrected chi connectivity index (χ1v) is 8.81. The Morgan fingerprint density at radius 1 is 1.14 bits per heavy atom. The van der Waals surface area contributed by atoms with Gasteiger partial charge in [-0.15, -0.1) is 0 Å². The molecule has 3 rings (SSSR count). The van der Waals surface area contributed by atoms with Gasteiger partial charge in [0.15, 0.2) is 0 Å². The van der Waals surface area contributed by atoms with Crippen LogP contribution < -0.4 is 10.4 Å². The Morgan fingerprint density at radius 3 is 2.57 bits per heavy atom. The van der Waals surface area contributed by atoms with Crippen molar-refractivity contribution in [3.8, 4) is 11.4 Å². The van der Waals surface area contributed by atoms with Crippen molar-refractivity contribution in [1.29, 1.82) is 0 Å². The molecule has 1 aromatic heterocycles. The summed E-state index contributed by atoms with van der Waals surface area (Å²) < 4.78 is 8.54. The summed E-state index contributed by atoms with van der Waals surface area (Å²) in [5.74, 6) is 0.759. The van der Waals surface area contributed by atoms with Crippen molar-refractivity contribution in [3.05, 3.63) is 69.1 Å². The van der Waals surface area contributed by atoms with Crippen molar-refractivity contribution in [2.75, 3.05) is 7.11 Å². The molecule has 0 N–H and O–H groups in total. The Hall–Kier alpha value is -3.42. The lowest BCUT2D eigenvalue weighted by molar-refractivity contribution is 0.213. The van der Waals surface area contributed by atoms with E-state index in [1.165, 1.54) is 16.5 Å². The van der Waals surface area contributed by atoms with Gasteiger partial charge in [0.2, 0.25) is 0 Å². The van der Waals surface area contributed by atoms with E-state index in [9.17, 15) is 4.79 Å². The minimum atomic E-state index is -0.305. The molecule has 2 aromatic carbocycles. The third-order valence-electron chi connectivity index (χ3n) is 4.53. The number of aromatic nitrogens is 4. The topological polar surface area (TPSA) is 83.5 Å². The molecule has 0 fully saturated rings. The molecule has 0 amide bonds. The molecule has 0 saturated carbocycles. The van der Waals surface area contributed by atoms with E-state index >= 15 is 0 Å². The van der Waals surface area contributed by atoms with Crippen LogP contribution in [0.3, 0.4) is 0 Å². The zero-order valence-corrected chi connectivity index (χ0v) is 16.6. The smallest absolute Gasteiger partial charge is 0.368 e. The van der Waals surface area contributed by atoms with Crippen molar-refractivity contribution in [3.63, 3.8) is 0 Å². The van der Waals surface area contributed by atoms with Crippen molar-refractivity contribution in [2.45, 2.75) is 27.4 Å². The van der Waals surface area contributed by atoms with E-state index in [1.54, 1.807) is 7.05 Å². The van der Waals surface area contributed by atoms with E-state index in [1.807, 2.05) is 57.2 Å². The van der Waals surface area contributed by atoms with Crippen LogP contribution in [0.25, 0.3) is 5.69 Å². The summed E-state index contributed by atoms with van der Waals surface area (Å²) in [4.78, 5) is 17.1. The van der Waals surface area contributed by atoms with Gasteiger partial charge in [-0.2, -0.15) is 9.36 Å². The Morgan fingerprint density at radius 2 is 1.93 bits per heavy atom. The number of aryl methyl sites for hydroxylation is 3. The summed E-state index contributed by atoms with van der Waals surface area (Å²) in [7, 11) is 3.09. The third kappa shape index (κ3) is 3.80. The fourth-order valence-corrected chi connectivity index (χ4v) is 2.91. The molecule has 0 atom stereocenters. The fourth-order valence-electron chi connectivity index (χ4n) is 2.91. The molecule has 0 radical (unpaired) electrons. The number of rotatable bonds is 6. The number of benzene rings is 2. The Labute approximate surface area is 163 Å². The number of nitrogens with zero attached hydrogens (tertiary/aromatic N) is 5. The Kier molecular flexibility index (Phi) is 5.58. The number of hydrogen-bond donors (Lipinski definition) is 0. The molecule has 0 spiro atoms. The highest BCUT2D eigenvalue weighted by atomic mass is 16.6. The maximum absolute atomic E-state index is 12.3. The molecule has 1 heterocycles. The fraction of sp³-hybridized carbons (Fsp3) is 0.300. The molecule has 0 aliphatic rings. The summed E-state index contributed by atoms with van der Waals surface area (Å²) in [6.45, 7) is 6.14. The van der Waals surface area contributed by atoms with Crippen LogP contribution in [0.5, 0.6) is 5.75 Å². The SMILES string of the molecule is CON=C(C)c1ccc(OCc2c(C)cccc2-n2nnn(C)c2=O)c(C)c1. The van der Waals surface area contributed by atoms with E-state index < -0.39 is 0 Å². The van der Waals surface area contributed by atoms with E-state index in [0.29, 0.717) is 12.3 Å². The second-order valence-electron chi connectivity index (χ2n) is 6.50. The van der Waals surface area contributed by atoms with Crippen LogP contribution in [0.1, 0.15) is 29.2 Å². The van der Waals surface area contributed by atoms with Crippen molar-refractivity contribution in [1.82, 2.24) is 19.8 Å². The maximum atomic E-state index is 12.3. The van der Waals surface area contributed by atoms with Crippen LogP contribution >= 0.6 is 0 Å². The van der Waals surface area contributed by atoms with Crippen molar-refractivity contribution >= 4 is 5.71 Å². The third-order valence-corrected chi connectivity index (χ3v) is 4.53. The largest absolute Gasteiger partial charge is 0.489 e. The van der Waals surface area contributed by atoms with E-state index in [0.717, 1.165) is 33.7 Å². The van der Waals surface area contributed by atoms with Crippen LogP contribution in [0.15, 0.2) is 46.3 Å². The van der Waals surface area contributed by atoms with Crippen LogP contribution in [0.2, 0.25) is 0 Å². The molecule has 8 heteroatoms. The normalized spacial score (nSPS) is 11.5. The highest BCUT2D eigenvalue weighted by Crippen LogP contribution is 2.24. The second-order valence-corrected chi connectivity index (χ2v) is 6.50. The molecule has 0 saturated heterocycles. The first-order chi connectivity index (χ1) is 13.4. The van der Waals surface area contributed by atoms with Gasteiger partial charge in [-0.1, -0.05) is 17.3 Å². The predicted molar refractivity (Wildman–Crippen MR) is 106 cm³/mol. The van der Waals surface area contributed by atoms with E-state index in [4.69, 9.17) is 9.57 Å². The highest BCUT2D eigenvalue weighted by molar-refractivity contribution is 5.98. The quantitative estimate of drug-likeness (QED) is 0.484. The summed E-state index contributed by atoms with van der Waals surface area (Å²) in [5, 5.41) is 11.7. The van der Waals surface area contributed by atoms with Gasteiger partial charge in [0.05, 0.1) is 11.4 Å². The second kappa shape index (κ2) is 8.08. The van der Waals surface area contributed by atoms with Gasteiger partial charge in [0, 0.05) is 12.6 Å². The molecule has 0 bridgehead atoms. The van der Waals surface area contributed by atoms with Crippen LogP contribution in [-0.4, -0.2) is 32.6 Å². The molecule has 0 aliphatic carbocycles. The highest BCUT2D eigenvalue weighted by Gasteiger charge is 2.14. The average Bonchev–Trinajstić information content (AvgIpc) is 3.00. The van der Waals surface area contributed by atoms with Crippen molar-refractivity contribution < 1.29 is 9.57 Å². The van der Waals surface area contributed by atoms with E-state index in [2.05, 4.69) is 15.6 Å². The lowest BCUT2D eigenvalue weighted by Crippen LogP contribution is -2.23. The summed E-state index contributed by atoms with van der Waals surface area (Å²) in [6, 6.07) is 11.5. The molecule has 3 aromatic rings. The minimum absolute atomic E-state index is 0.302. The van der Waals surface area contributed by atoms with Gasteiger partial charge in [-0.25, -0.2) is 4.79 Å². The molecule has 146 valence electrons. The Bertz CT molecular complexity index is 1080. The molecule has 28 heavy (non-hydrogen) atoms. The van der Waals surface area contributed by atoms with Gasteiger partial charge in [0.1, 0.15) is 19.5 Å². The van der Waals surface area contributed by atoms with Crippen LogP contribution in [0, 0.1) is 13.8 Å². The van der Waals surface area contributed by atoms with Gasteiger partial charge < -0.3 is 9.57 Å². The number of oxime groups is 1.